The van der Waals surface area contributed by atoms with Gasteiger partial charge in [0.15, 0.2) is 5.65 Å². The average molecular weight is 434 g/mol. The molecule has 29 heavy (non-hydrogen) atoms. The van der Waals surface area contributed by atoms with Crippen molar-refractivity contribution < 1.29 is 0 Å². The van der Waals surface area contributed by atoms with E-state index in [1.807, 2.05) is 12.1 Å². The summed E-state index contributed by atoms with van der Waals surface area (Å²) in [4.78, 5) is 14.0. The molecule has 0 aliphatic carbocycles. The first-order chi connectivity index (χ1) is 13.8. The quantitative estimate of drug-likeness (QED) is 0.536. The van der Waals surface area contributed by atoms with Crippen LogP contribution in [0.4, 0.5) is 17.6 Å². The SMILES string of the molecule is CC(C)(C)Nc1ncc2nc(Nc3cc(Cl)cc(Cl)c3)n(C3CCNCC3)c2n1. The number of benzene rings is 1. The molecule has 0 amide bonds. The molecule has 7 nitrogen and oxygen atoms in total. The summed E-state index contributed by atoms with van der Waals surface area (Å²) in [7, 11) is 0. The molecule has 3 heterocycles. The van der Waals surface area contributed by atoms with E-state index in [0.717, 1.165) is 42.8 Å². The van der Waals surface area contributed by atoms with Gasteiger partial charge in [0.25, 0.3) is 0 Å². The van der Waals surface area contributed by atoms with Crippen molar-refractivity contribution in [2.24, 2.45) is 0 Å². The number of imidazole rings is 1. The molecule has 3 N–H and O–H groups in total. The Bertz CT molecular complexity index is 999. The molecule has 0 atom stereocenters. The second-order valence-corrected chi connectivity index (χ2v) is 9.22. The van der Waals surface area contributed by atoms with E-state index in [-0.39, 0.29) is 11.6 Å². The van der Waals surface area contributed by atoms with E-state index in [4.69, 9.17) is 33.2 Å². The number of aromatic nitrogens is 4. The Labute approximate surface area is 180 Å². The molecule has 2 aromatic heterocycles. The van der Waals surface area contributed by atoms with Gasteiger partial charge in [0, 0.05) is 27.3 Å². The molecule has 1 fully saturated rings. The van der Waals surface area contributed by atoms with Crippen molar-refractivity contribution in [1.29, 1.82) is 0 Å². The van der Waals surface area contributed by atoms with Gasteiger partial charge in [-0.1, -0.05) is 23.2 Å². The van der Waals surface area contributed by atoms with Crippen LogP contribution >= 0.6 is 23.2 Å². The molecule has 0 radical (unpaired) electrons. The summed E-state index contributed by atoms with van der Waals surface area (Å²) >= 11 is 12.4. The lowest BCUT2D eigenvalue weighted by molar-refractivity contribution is 0.377. The summed E-state index contributed by atoms with van der Waals surface area (Å²) in [6.07, 6.45) is 3.77. The fourth-order valence-corrected chi connectivity index (χ4v) is 4.07. The zero-order chi connectivity index (χ0) is 20.6. The summed E-state index contributed by atoms with van der Waals surface area (Å²) in [6.45, 7) is 8.18. The number of anilines is 3. The van der Waals surface area contributed by atoms with Gasteiger partial charge in [-0.15, -0.1) is 0 Å². The van der Waals surface area contributed by atoms with E-state index >= 15 is 0 Å². The van der Waals surface area contributed by atoms with Crippen LogP contribution in [-0.4, -0.2) is 38.1 Å². The Kier molecular flexibility index (Phi) is 5.55. The Hall–Kier alpha value is -2.09. The van der Waals surface area contributed by atoms with E-state index in [0.29, 0.717) is 21.9 Å². The molecule has 0 bridgehead atoms. The predicted molar refractivity (Wildman–Crippen MR) is 120 cm³/mol. The van der Waals surface area contributed by atoms with Crippen LogP contribution in [0.3, 0.4) is 0 Å². The maximum absolute atomic E-state index is 6.18. The van der Waals surface area contributed by atoms with Crippen LogP contribution < -0.4 is 16.0 Å². The first-order valence-electron chi connectivity index (χ1n) is 9.75. The van der Waals surface area contributed by atoms with Gasteiger partial charge in [-0.25, -0.2) is 9.97 Å². The van der Waals surface area contributed by atoms with Crippen LogP contribution in [0, 0.1) is 0 Å². The van der Waals surface area contributed by atoms with Crippen molar-refractivity contribution in [3.05, 3.63) is 34.4 Å². The van der Waals surface area contributed by atoms with Crippen LogP contribution in [0.1, 0.15) is 39.7 Å². The highest BCUT2D eigenvalue weighted by Gasteiger charge is 2.23. The van der Waals surface area contributed by atoms with Crippen LogP contribution in [0.25, 0.3) is 11.2 Å². The van der Waals surface area contributed by atoms with Gasteiger partial charge < -0.3 is 16.0 Å². The number of nitrogens with zero attached hydrogens (tertiary/aromatic N) is 4. The first-order valence-corrected chi connectivity index (χ1v) is 10.5. The molecule has 1 aromatic carbocycles. The summed E-state index contributed by atoms with van der Waals surface area (Å²) in [6, 6.07) is 5.66. The Morgan fingerprint density at radius 2 is 1.76 bits per heavy atom. The van der Waals surface area contributed by atoms with Crippen molar-refractivity contribution in [2.75, 3.05) is 23.7 Å². The van der Waals surface area contributed by atoms with E-state index < -0.39 is 0 Å². The van der Waals surface area contributed by atoms with Crippen molar-refractivity contribution in [2.45, 2.75) is 45.2 Å². The van der Waals surface area contributed by atoms with Gasteiger partial charge in [-0.05, 0) is 64.9 Å². The zero-order valence-electron chi connectivity index (χ0n) is 16.8. The largest absolute Gasteiger partial charge is 0.350 e. The molecule has 0 spiro atoms. The number of hydrogen-bond donors (Lipinski definition) is 3. The van der Waals surface area contributed by atoms with Gasteiger partial charge in [0.1, 0.15) is 5.52 Å². The lowest BCUT2D eigenvalue weighted by Gasteiger charge is -2.26. The number of nitrogens with one attached hydrogen (secondary N) is 3. The lowest BCUT2D eigenvalue weighted by atomic mass is 10.1. The van der Waals surface area contributed by atoms with Crippen molar-refractivity contribution >= 4 is 51.9 Å². The summed E-state index contributed by atoms with van der Waals surface area (Å²) < 4.78 is 2.18. The highest BCUT2D eigenvalue weighted by Crippen LogP contribution is 2.32. The molecule has 154 valence electrons. The molecular weight excluding hydrogens is 409 g/mol. The van der Waals surface area contributed by atoms with E-state index in [9.17, 15) is 0 Å². The monoisotopic (exact) mass is 433 g/mol. The van der Waals surface area contributed by atoms with Gasteiger partial charge in [-0.2, -0.15) is 4.98 Å². The Morgan fingerprint density at radius 3 is 2.41 bits per heavy atom. The van der Waals surface area contributed by atoms with Crippen molar-refractivity contribution in [3.8, 4) is 0 Å². The second kappa shape index (κ2) is 7.97. The number of halogens is 2. The fraction of sp³-hybridized carbons (Fsp3) is 0.450. The van der Waals surface area contributed by atoms with Crippen LogP contribution in [0.2, 0.25) is 10.0 Å². The smallest absolute Gasteiger partial charge is 0.225 e. The van der Waals surface area contributed by atoms with Crippen LogP contribution in [0.15, 0.2) is 24.4 Å². The molecule has 0 saturated carbocycles. The maximum Gasteiger partial charge on any atom is 0.225 e. The molecule has 1 saturated heterocycles. The van der Waals surface area contributed by atoms with Crippen molar-refractivity contribution in [3.63, 3.8) is 0 Å². The third-order valence-corrected chi connectivity index (χ3v) is 5.15. The zero-order valence-corrected chi connectivity index (χ0v) is 18.3. The topological polar surface area (TPSA) is 79.7 Å². The fourth-order valence-electron chi connectivity index (χ4n) is 3.54. The molecule has 4 rings (SSSR count). The summed E-state index contributed by atoms with van der Waals surface area (Å²) in [5.41, 5.74) is 2.22. The third kappa shape index (κ3) is 4.74. The molecule has 1 aliphatic rings. The minimum atomic E-state index is -0.133. The molecule has 1 aliphatic heterocycles. The highest BCUT2D eigenvalue weighted by molar-refractivity contribution is 6.35. The number of fused-ring (bicyclic) bond motifs is 1. The number of hydrogen-bond acceptors (Lipinski definition) is 6. The van der Waals surface area contributed by atoms with E-state index in [1.165, 1.54) is 0 Å². The van der Waals surface area contributed by atoms with Gasteiger partial charge in [-0.3, -0.25) is 4.57 Å². The second-order valence-electron chi connectivity index (χ2n) is 8.35. The Morgan fingerprint density at radius 1 is 1.07 bits per heavy atom. The summed E-state index contributed by atoms with van der Waals surface area (Å²) in [5.74, 6) is 1.31. The minimum Gasteiger partial charge on any atom is -0.350 e. The van der Waals surface area contributed by atoms with Crippen LogP contribution in [-0.2, 0) is 0 Å². The lowest BCUT2D eigenvalue weighted by Crippen LogP contribution is -2.30. The third-order valence-electron chi connectivity index (χ3n) is 4.71. The van der Waals surface area contributed by atoms with Gasteiger partial charge in [0.05, 0.1) is 6.20 Å². The molecular formula is C20H25Cl2N7. The molecule has 0 unspecified atom stereocenters. The summed E-state index contributed by atoms with van der Waals surface area (Å²) in [5, 5.41) is 11.3. The molecule has 3 aromatic rings. The van der Waals surface area contributed by atoms with Gasteiger partial charge >= 0.3 is 0 Å². The van der Waals surface area contributed by atoms with E-state index in [2.05, 4.69) is 46.3 Å². The minimum absolute atomic E-state index is 0.133. The van der Waals surface area contributed by atoms with Crippen LogP contribution in [0.5, 0.6) is 0 Å². The van der Waals surface area contributed by atoms with Crippen molar-refractivity contribution in [1.82, 2.24) is 24.8 Å². The number of rotatable bonds is 4. The predicted octanol–water partition coefficient (Wildman–Crippen LogP) is 5.01. The standard InChI is InChI=1S/C20H25Cl2N7/c1-20(2,3)28-18-24-11-16-17(27-18)29(15-4-6-23-7-5-15)19(26-16)25-14-9-12(21)8-13(22)10-14/h8-11,15,23H,4-7H2,1-3H3,(H,25,26)(H,24,27,28). The van der Waals surface area contributed by atoms with Gasteiger partial charge in [0.2, 0.25) is 11.9 Å². The van der Waals surface area contributed by atoms with E-state index in [1.54, 1.807) is 12.3 Å². The highest BCUT2D eigenvalue weighted by atomic mass is 35.5. The first kappa shape index (κ1) is 20.2. The normalized spacial score (nSPS) is 15.6. The average Bonchev–Trinajstić information content (AvgIpc) is 2.97. The maximum atomic E-state index is 6.18. The molecule has 9 heteroatoms. The number of piperidine rings is 1. The Balaban J connectivity index is 1.79.